The summed E-state index contributed by atoms with van der Waals surface area (Å²) in [5.41, 5.74) is 4.13. The second-order valence-electron chi connectivity index (χ2n) is 6.81. The van der Waals surface area contributed by atoms with Gasteiger partial charge in [0.1, 0.15) is 0 Å². The molecule has 1 N–H and O–H groups in total. The van der Waals surface area contributed by atoms with E-state index in [2.05, 4.69) is 5.32 Å². The van der Waals surface area contributed by atoms with Gasteiger partial charge in [-0.2, -0.15) is 0 Å². The Kier molecular flexibility index (Phi) is 4.28. The van der Waals surface area contributed by atoms with Crippen LogP contribution in [-0.2, 0) is 0 Å². The molecule has 3 amide bonds. The molecule has 1 aliphatic rings. The molecule has 5 heteroatoms. The van der Waals surface area contributed by atoms with Gasteiger partial charge in [0.05, 0.1) is 16.8 Å². The number of aryl methyl sites for hydroxylation is 2. The quantitative estimate of drug-likeness (QED) is 0.697. The zero-order valence-electron chi connectivity index (χ0n) is 15.5. The molecule has 0 radical (unpaired) electrons. The van der Waals surface area contributed by atoms with Gasteiger partial charge in [-0.25, -0.2) is 4.90 Å². The van der Waals surface area contributed by atoms with Crippen molar-refractivity contribution in [3.05, 3.63) is 94.5 Å². The Morgan fingerprint density at radius 2 is 1.50 bits per heavy atom. The predicted octanol–water partition coefficient (Wildman–Crippen LogP) is 4.36. The van der Waals surface area contributed by atoms with Crippen LogP contribution in [0.15, 0.2) is 66.7 Å². The number of nitrogens with one attached hydrogen (secondary N) is 1. The first-order chi connectivity index (χ1) is 13.5. The van der Waals surface area contributed by atoms with E-state index >= 15 is 0 Å². The highest BCUT2D eigenvalue weighted by atomic mass is 16.2. The van der Waals surface area contributed by atoms with Crippen molar-refractivity contribution in [1.29, 1.82) is 0 Å². The molecule has 0 aromatic heterocycles. The predicted molar refractivity (Wildman–Crippen MR) is 108 cm³/mol. The van der Waals surface area contributed by atoms with Crippen LogP contribution >= 0.6 is 0 Å². The van der Waals surface area contributed by atoms with E-state index in [1.54, 1.807) is 54.6 Å². The zero-order valence-corrected chi connectivity index (χ0v) is 15.5. The summed E-state index contributed by atoms with van der Waals surface area (Å²) in [5.74, 6) is -0.966. The number of fused-ring (bicyclic) bond motifs is 1. The van der Waals surface area contributed by atoms with Crippen LogP contribution in [0.25, 0.3) is 0 Å². The molecule has 0 fully saturated rings. The first-order valence-corrected chi connectivity index (χ1v) is 8.92. The maximum Gasteiger partial charge on any atom is 0.266 e. The molecule has 28 heavy (non-hydrogen) atoms. The van der Waals surface area contributed by atoms with Crippen molar-refractivity contribution in [2.45, 2.75) is 13.8 Å². The fraction of sp³-hybridized carbons (Fsp3) is 0.0870. The van der Waals surface area contributed by atoms with Crippen molar-refractivity contribution < 1.29 is 14.4 Å². The normalized spacial score (nSPS) is 12.9. The van der Waals surface area contributed by atoms with Crippen LogP contribution in [0.4, 0.5) is 11.4 Å². The number of benzene rings is 3. The maximum atomic E-state index is 12.7. The van der Waals surface area contributed by atoms with E-state index in [0.717, 1.165) is 16.0 Å². The van der Waals surface area contributed by atoms with E-state index in [1.165, 1.54) is 0 Å². The van der Waals surface area contributed by atoms with Crippen molar-refractivity contribution in [2.75, 3.05) is 10.2 Å². The van der Waals surface area contributed by atoms with Gasteiger partial charge in [-0.05, 0) is 55.8 Å². The van der Waals surface area contributed by atoms with E-state index in [1.807, 2.05) is 26.0 Å². The molecule has 0 atom stereocenters. The molecule has 1 heterocycles. The lowest BCUT2D eigenvalue weighted by molar-refractivity contribution is 0.0925. The molecule has 0 bridgehead atoms. The summed E-state index contributed by atoms with van der Waals surface area (Å²) in [6.07, 6.45) is 0. The van der Waals surface area contributed by atoms with Gasteiger partial charge in [-0.1, -0.05) is 35.9 Å². The average molecular weight is 370 g/mol. The number of amides is 3. The van der Waals surface area contributed by atoms with Crippen LogP contribution in [0.5, 0.6) is 0 Å². The molecular formula is C23H18N2O3. The van der Waals surface area contributed by atoms with Crippen LogP contribution in [-0.4, -0.2) is 17.7 Å². The Labute approximate surface area is 162 Å². The number of anilines is 2. The minimum absolute atomic E-state index is 0.244. The van der Waals surface area contributed by atoms with E-state index in [4.69, 9.17) is 0 Å². The molecule has 0 aliphatic carbocycles. The van der Waals surface area contributed by atoms with Crippen LogP contribution in [0.2, 0.25) is 0 Å². The van der Waals surface area contributed by atoms with Gasteiger partial charge in [0.2, 0.25) is 0 Å². The Hall–Kier alpha value is -3.73. The van der Waals surface area contributed by atoms with Gasteiger partial charge in [0, 0.05) is 11.3 Å². The Balaban J connectivity index is 1.66. The molecular weight excluding hydrogens is 352 g/mol. The molecule has 5 nitrogen and oxygen atoms in total. The molecule has 0 saturated heterocycles. The van der Waals surface area contributed by atoms with Crippen molar-refractivity contribution in [2.24, 2.45) is 0 Å². The molecule has 0 spiro atoms. The maximum absolute atomic E-state index is 12.7. The highest BCUT2D eigenvalue weighted by molar-refractivity contribution is 6.34. The van der Waals surface area contributed by atoms with Crippen molar-refractivity contribution >= 4 is 29.1 Å². The molecule has 138 valence electrons. The highest BCUT2D eigenvalue weighted by Gasteiger charge is 2.36. The van der Waals surface area contributed by atoms with Gasteiger partial charge in [0.25, 0.3) is 17.7 Å². The lowest BCUT2D eigenvalue weighted by atomic mass is 10.1. The number of hydrogen-bond donors (Lipinski definition) is 1. The minimum atomic E-state index is -0.361. The molecule has 0 saturated carbocycles. The number of rotatable bonds is 3. The molecule has 3 aromatic rings. The third-order valence-corrected chi connectivity index (χ3v) is 4.80. The summed E-state index contributed by atoms with van der Waals surface area (Å²) >= 11 is 0. The molecule has 0 unspecified atom stereocenters. The first kappa shape index (κ1) is 17.7. The number of nitrogens with zero attached hydrogens (tertiary/aromatic N) is 1. The lowest BCUT2D eigenvalue weighted by Crippen LogP contribution is -2.29. The van der Waals surface area contributed by atoms with Gasteiger partial charge >= 0.3 is 0 Å². The number of imide groups is 1. The van der Waals surface area contributed by atoms with Crippen molar-refractivity contribution in [1.82, 2.24) is 0 Å². The summed E-state index contributed by atoms with van der Waals surface area (Å²) < 4.78 is 0. The second kappa shape index (κ2) is 6.78. The highest BCUT2D eigenvalue weighted by Crippen LogP contribution is 2.31. The van der Waals surface area contributed by atoms with Crippen LogP contribution < -0.4 is 10.2 Å². The van der Waals surface area contributed by atoms with Gasteiger partial charge < -0.3 is 5.32 Å². The molecule has 4 rings (SSSR count). The van der Waals surface area contributed by atoms with Crippen molar-refractivity contribution in [3.63, 3.8) is 0 Å². The molecule has 1 aliphatic heterocycles. The number of carbonyl (C=O) groups excluding carboxylic acids is 3. The fourth-order valence-corrected chi connectivity index (χ4v) is 3.29. The fourth-order valence-electron chi connectivity index (χ4n) is 3.29. The summed E-state index contributed by atoms with van der Waals surface area (Å²) in [7, 11) is 0. The van der Waals surface area contributed by atoms with Crippen molar-refractivity contribution in [3.8, 4) is 0 Å². The third kappa shape index (κ3) is 2.97. The van der Waals surface area contributed by atoms with Crippen LogP contribution in [0.3, 0.4) is 0 Å². The monoisotopic (exact) mass is 370 g/mol. The van der Waals surface area contributed by atoms with Gasteiger partial charge in [0.15, 0.2) is 0 Å². The topological polar surface area (TPSA) is 66.5 Å². The smallest absolute Gasteiger partial charge is 0.266 e. The largest absolute Gasteiger partial charge is 0.322 e. The third-order valence-electron chi connectivity index (χ3n) is 4.80. The van der Waals surface area contributed by atoms with E-state index in [9.17, 15) is 14.4 Å². The zero-order chi connectivity index (χ0) is 19.8. The first-order valence-electron chi connectivity index (χ1n) is 8.92. The Morgan fingerprint density at radius 3 is 2.14 bits per heavy atom. The Bertz CT molecular complexity index is 1100. The lowest BCUT2D eigenvalue weighted by Gasteiger charge is -2.17. The SMILES string of the molecule is Cc1cccc(C(=O)Nc2cc(N3C(=O)c4ccccc4C3=O)ccc2C)c1. The Morgan fingerprint density at radius 1 is 0.821 bits per heavy atom. The average Bonchev–Trinajstić information content (AvgIpc) is 2.95. The van der Waals surface area contributed by atoms with E-state index in [0.29, 0.717) is 28.1 Å². The summed E-state index contributed by atoms with van der Waals surface area (Å²) in [4.78, 5) is 39.2. The number of hydrogen-bond acceptors (Lipinski definition) is 3. The summed E-state index contributed by atoms with van der Waals surface area (Å²) in [5, 5.41) is 2.88. The standard InChI is InChI=1S/C23H18N2O3/c1-14-6-5-7-16(12-14)21(26)24-20-13-17(11-10-15(20)2)25-22(27)18-8-3-4-9-19(18)23(25)28/h3-13H,1-2H3,(H,24,26). The van der Waals surface area contributed by atoms with E-state index in [-0.39, 0.29) is 17.7 Å². The van der Waals surface area contributed by atoms with Crippen LogP contribution in [0.1, 0.15) is 42.2 Å². The molecule has 3 aromatic carbocycles. The van der Waals surface area contributed by atoms with E-state index < -0.39 is 0 Å². The number of carbonyl (C=O) groups is 3. The second-order valence-corrected chi connectivity index (χ2v) is 6.81. The minimum Gasteiger partial charge on any atom is -0.322 e. The van der Waals surface area contributed by atoms with Gasteiger partial charge in [-0.3, -0.25) is 14.4 Å². The van der Waals surface area contributed by atoms with Gasteiger partial charge in [-0.15, -0.1) is 0 Å². The summed E-state index contributed by atoms with van der Waals surface area (Å²) in [6.45, 7) is 3.78. The summed E-state index contributed by atoms with van der Waals surface area (Å²) in [6, 6.07) is 19.2. The van der Waals surface area contributed by atoms with Crippen LogP contribution in [0, 0.1) is 13.8 Å².